The molecule has 1 rings (SSSR count). The predicted molar refractivity (Wildman–Crippen MR) is 56.6 cm³/mol. The third-order valence-electron chi connectivity index (χ3n) is 2.46. The summed E-state index contributed by atoms with van der Waals surface area (Å²) in [5.41, 5.74) is 5.54. The molecule has 2 nitrogen and oxygen atoms in total. The van der Waals surface area contributed by atoms with Crippen molar-refractivity contribution in [2.24, 2.45) is 5.73 Å². The number of thioether (sulfide) groups is 1. The minimum absolute atomic E-state index is 0.689. The zero-order valence-corrected chi connectivity index (χ0v) is 8.78. The van der Waals surface area contributed by atoms with Crippen LogP contribution in [0.3, 0.4) is 0 Å². The monoisotopic (exact) mass is 188 g/mol. The number of rotatable bonds is 3. The Morgan fingerprint density at radius 1 is 1.42 bits per heavy atom. The molecular weight excluding hydrogens is 168 g/mol. The van der Waals surface area contributed by atoms with Crippen molar-refractivity contribution in [2.75, 3.05) is 31.1 Å². The maximum Gasteiger partial charge on any atom is 0.00792 e. The summed E-state index contributed by atoms with van der Waals surface area (Å²) in [6, 6.07) is 0.689. The van der Waals surface area contributed by atoms with E-state index < -0.39 is 0 Å². The maximum absolute atomic E-state index is 5.54. The lowest BCUT2D eigenvalue weighted by atomic mass is 10.2. The van der Waals surface area contributed by atoms with Crippen LogP contribution in [0.25, 0.3) is 0 Å². The van der Waals surface area contributed by atoms with Crippen molar-refractivity contribution in [1.29, 1.82) is 0 Å². The van der Waals surface area contributed by atoms with Crippen LogP contribution in [-0.4, -0.2) is 42.1 Å². The van der Waals surface area contributed by atoms with Gasteiger partial charge in [0, 0.05) is 18.3 Å². The van der Waals surface area contributed by atoms with Gasteiger partial charge in [0.05, 0.1) is 0 Å². The van der Waals surface area contributed by atoms with Gasteiger partial charge in [-0.15, -0.1) is 0 Å². The van der Waals surface area contributed by atoms with Gasteiger partial charge in [0.1, 0.15) is 0 Å². The standard InChI is InChI=1S/C9H20N2S/c1-9(3-4-10)11-5-2-7-12-8-6-11/h9H,2-8,10H2,1H3. The lowest BCUT2D eigenvalue weighted by Crippen LogP contribution is -2.36. The first-order chi connectivity index (χ1) is 5.84. The smallest absolute Gasteiger partial charge is 0.00792 e. The zero-order valence-electron chi connectivity index (χ0n) is 7.96. The molecule has 0 aliphatic carbocycles. The van der Waals surface area contributed by atoms with Gasteiger partial charge in [0.15, 0.2) is 0 Å². The third-order valence-corrected chi connectivity index (χ3v) is 3.51. The molecule has 0 aromatic rings. The summed E-state index contributed by atoms with van der Waals surface area (Å²) in [5.74, 6) is 2.64. The fourth-order valence-electron chi connectivity index (χ4n) is 1.63. The van der Waals surface area contributed by atoms with E-state index in [-0.39, 0.29) is 0 Å². The lowest BCUT2D eigenvalue weighted by molar-refractivity contribution is 0.217. The number of nitrogens with two attached hydrogens (primary N) is 1. The molecule has 1 atom stereocenters. The Morgan fingerprint density at radius 2 is 2.25 bits per heavy atom. The molecule has 0 aromatic carbocycles. The molecule has 1 heterocycles. The molecule has 0 radical (unpaired) electrons. The van der Waals surface area contributed by atoms with Gasteiger partial charge in [-0.2, -0.15) is 11.8 Å². The van der Waals surface area contributed by atoms with Crippen molar-refractivity contribution in [2.45, 2.75) is 25.8 Å². The summed E-state index contributed by atoms with van der Waals surface area (Å²) < 4.78 is 0. The van der Waals surface area contributed by atoms with Crippen LogP contribution < -0.4 is 5.73 Å². The Hall–Kier alpha value is 0.270. The van der Waals surface area contributed by atoms with Crippen molar-refractivity contribution in [1.82, 2.24) is 4.90 Å². The van der Waals surface area contributed by atoms with E-state index in [9.17, 15) is 0 Å². The van der Waals surface area contributed by atoms with Crippen LogP contribution in [0, 0.1) is 0 Å². The second-order valence-corrected chi connectivity index (χ2v) is 4.65. The molecule has 12 heavy (non-hydrogen) atoms. The first-order valence-electron chi connectivity index (χ1n) is 4.86. The summed E-state index contributed by atoms with van der Waals surface area (Å²) >= 11 is 2.08. The van der Waals surface area contributed by atoms with Crippen LogP contribution in [0.5, 0.6) is 0 Å². The topological polar surface area (TPSA) is 29.3 Å². The molecule has 3 heteroatoms. The van der Waals surface area contributed by atoms with E-state index in [2.05, 4.69) is 23.6 Å². The van der Waals surface area contributed by atoms with Crippen LogP contribution in [0.2, 0.25) is 0 Å². The Kier molecular flexibility index (Phi) is 5.04. The molecule has 0 bridgehead atoms. The fraction of sp³-hybridized carbons (Fsp3) is 1.00. The largest absolute Gasteiger partial charge is 0.330 e. The first kappa shape index (κ1) is 10.4. The maximum atomic E-state index is 5.54. The van der Waals surface area contributed by atoms with Gasteiger partial charge in [-0.1, -0.05) is 0 Å². The van der Waals surface area contributed by atoms with Gasteiger partial charge >= 0.3 is 0 Å². The van der Waals surface area contributed by atoms with E-state index in [0.29, 0.717) is 6.04 Å². The summed E-state index contributed by atoms with van der Waals surface area (Å²) in [6.07, 6.45) is 2.49. The third kappa shape index (κ3) is 3.33. The summed E-state index contributed by atoms with van der Waals surface area (Å²) in [7, 11) is 0. The van der Waals surface area contributed by atoms with Crippen LogP contribution in [0.1, 0.15) is 19.8 Å². The highest BCUT2D eigenvalue weighted by atomic mass is 32.2. The summed E-state index contributed by atoms with van der Waals surface area (Å²) in [4.78, 5) is 2.58. The molecule has 1 saturated heterocycles. The van der Waals surface area contributed by atoms with Crippen molar-refractivity contribution in [3.05, 3.63) is 0 Å². The lowest BCUT2D eigenvalue weighted by Gasteiger charge is -2.26. The van der Waals surface area contributed by atoms with E-state index in [1.165, 1.54) is 31.0 Å². The fourth-order valence-corrected chi connectivity index (χ4v) is 2.53. The van der Waals surface area contributed by atoms with E-state index >= 15 is 0 Å². The van der Waals surface area contributed by atoms with Crippen LogP contribution in [0.4, 0.5) is 0 Å². The molecule has 0 saturated carbocycles. The van der Waals surface area contributed by atoms with Gasteiger partial charge in [-0.25, -0.2) is 0 Å². The van der Waals surface area contributed by atoms with E-state index in [0.717, 1.165) is 13.0 Å². The van der Waals surface area contributed by atoms with Crippen LogP contribution >= 0.6 is 11.8 Å². The molecule has 2 N–H and O–H groups in total. The van der Waals surface area contributed by atoms with Gasteiger partial charge < -0.3 is 5.73 Å². The van der Waals surface area contributed by atoms with E-state index in [4.69, 9.17) is 5.73 Å². The minimum atomic E-state index is 0.689. The van der Waals surface area contributed by atoms with Crippen LogP contribution in [0.15, 0.2) is 0 Å². The normalized spacial score (nSPS) is 23.5. The number of nitrogens with zero attached hydrogens (tertiary/aromatic N) is 1. The minimum Gasteiger partial charge on any atom is -0.330 e. The highest BCUT2D eigenvalue weighted by Gasteiger charge is 2.14. The van der Waals surface area contributed by atoms with Gasteiger partial charge in [-0.05, 0) is 38.6 Å². The zero-order chi connectivity index (χ0) is 8.81. The van der Waals surface area contributed by atoms with Crippen molar-refractivity contribution < 1.29 is 0 Å². The van der Waals surface area contributed by atoms with Crippen molar-refractivity contribution in [3.63, 3.8) is 0 Å². The number of hydrogen-bond donors (Lipinski definition) is 1. The Labute approximate surface area is 79.9 Å². The Bertz CT molecular complexity index is 111. The molecule has 1 aliphatic rings. The molecule has 1 unspecified atom stereocenters. The summed E-state index contributed by atoms with van der Waals surface area (Å²) in [6.45, 7) is 5.65. The van der Waals surface area contributed by atoms with Gasteiger partial charge in [0.2, 0.25) is 0 Å². The molecule has 1 aliphatic heterocycles. The van der Waals surface area contributed by atoms with Gasteiger partial charge in [0.25, 0.3) is 0 Å². The Morgan fingerprint density at radius 3 is 3.00 bits per heavy atom. The molecule has 0 spiro atoms. The number of hydrogen-bond acceptors (Lipinski definition) is 3. The van der Waals surface area contributed by atoms with Gasteiger partial charge in [-0.3, -0.25) is 4.90 Å². The molecule has 1 fully saturated rings. The van der Waals surface area contributed by atoms with Crippen molar-refractivity contribution >= 4 is 11.8 Å². The summed E-state index contributed by atoms with van der Waals surface area (Å²) in [5, 5.41) is 0. The van der Waals surface area contributed by atoms with E-state index in [1.54, 1.807) is 0 Å². The quantitative estimate of drug-likeness (QED) is 0.721. The second kappa shape index (κ2) is 5.84. The molecular formula is C9H20N2S. The SMILES string of the molecule is CC(CCN)N1CCCSCC1. The average molecular weight is 188 g/mol. The van der Waals surface area contributed by atoms with Crippen molar-refractivity contribution in [3.8, 4) is 0 Å². The molecule has 0 aromatic heterocycles. The van der Waals surface area contributed by atoms with E-state index in [1.807, 2.05) is 0 Å². The predicted octanol–water partition coefficient (Wildman–Crippen LogP) is 1.16. The van der Waals surface area contributed by atoms with Crippen LogP contribution in [-0.2, 0) is 0 Å². The molecule has 72 valence electrons. The second-order valence-electron chi connectivity index (χ2n) is 3.43. The molecule has 0 amide bonds. The first-order valence-corrected chi connectivity index (χ1v) is 6.02. The average Bonchev–Trinajstić information content (AvgIpc) is 2.32. The highest BCUT2D eigenvalue weighted by Crippen LogP contribution is 2.13. The Balaban J connectivity index is 2.27. The highest BCUT2D eigenvalue weighted by molar-refractivity contribution is 7.99.